The molecular weight excluding hydrogens is 478 g/mol. The number of nitrogens with one attached hydrogen (secondary N) is 1. The second-order valence-electron chi connectivity index (χ2n) is 8.52. The lowest BCUT2D eigenvalue weighted by molar-refractivity contribution is -0.134. The predicted molar refractivity (Wildman–Crippen MR) is 138 cm³/mol. The highest BCUT2D eigenvalue weighted by Gasteiger charge is 2.38. The number of para-hydroxylation sites is 1. The fourth-order valence-corrected chi connectivity index (χ4v) is 6.26. The Morgan fingerprint density at radius 2 is 1.50 bits per heavy atom. The van der Waals surface area contributed by atoms with Crippen LogP contribution in [-0.2, 0) is 21.1 Å². The van der Waals surface area contributed by atoms with Crippen molar-refractivity contribution >= 4 is 15.7 Å². The summed E-state index contributed by atoms with van der Waals surface area (Å²) in [5, 5.41) is 8.41. The van der Waals surface area contributed by atoms with Gasteiger partial charge in [0.15, 0.2) is 9.84 Å². The molecule has 0 aliphatic heterocycles. The number of amides is 1. The lowest BCUT2D eigenvalue weighted by Crippen LogP contribution is -2.41. The van der Waals surface area contributed by atoms with Gasteiger partial charge in [0.1, 0.15) is 11.5 Å². The van der Waals surface area contributed by atoms with E-state index in [-0.39, 0.29) is 24.3 Å². The van der Waals surface area contributed by atoms with Crippen LogP contribution >= 0.6 is 0 Å². The third-order valence-corrected chi connectivity index (χ3v) is 8.46. The fraction of sp³-hybridized carbons (Fsp3) is 0.321. The molecule has 0 aromatic heterocycles. The first kappa shape index (κ1) is 27.2. The highest BCUT2D eigenvalue weighted by atomic mass is 32.2. The Morgan fingerprint density at radius 3 is 2.11 bits per heavy atom. The second kappa shape index (κ2) is 13.7. The van der Waals surface area contributed by atoms with Gasteiger partial charge in [0.25, 0.3) is 0 Å². The van der Waals surface area contributed by atoms with Crippen molar-refractivity contribution in [2.75, 3.05) is 13.7 Å². The number of methoxy groups -OCH3 is 1. The van der Waals surface area contributed by atoms with Crippen molar-refractivity contribution in [3.8, 4) is 11.5 Å². The smallest absolute Gasteiger partial charge is 0.247 e. The molecule has 0 heterocycles. The number of carbonyl (C=O) groups excluding carboxylic acids is 1. The van der Waals surface area contributed by atoms with Gasteiger partial charge in [-0.2, -0.15) is 0 Å². The monoisotopic (exact) mass is 511 g/mol. The number of carbonyl (C=O) groups is 1. The molecular formula is C28H33NO6S. The largest absolute Gasteiger partial charge is 0.497 e. The summed E-state index contributed by atoms with van der Waals surface area (Å²) < 4.78 is 38.4. The maximum atomic E-state index is 13.7. The van der Waals surface area contributed by atoms with Crippen molar-refractivity contribution in [2.24, 2.45) is 5.92 Å². The zero-order chi connectivity index (χ0) is 25.8. The zero-order valence-electron chi connectivity index (χ0n) is 20.4. The van der Waals surface area contributed by atoms with E-state index in [2.05, 4.69) is 0 Å². The number of hydrogen-bond donors (Lipinski definition) is 2. The van der Waals surface area contributed by atoms with Crippen LogP contribution in [0.25, 0.3) is 0 Å². The number of ether oxygens (including phenoxy) is 2. The van der Waals surface area contributed by atoms with Crippen LogP contribution in [0.3, 0.4) is 0 Å². The van der Waals surface area contributed by atoms with Gasteiger partial charge < -0.3 is 9.47 Å². The van der Waals surface area contributed by atoms with E-state index in [1.807, 2.05) is 48.5 Å². The van der Waals surface area contributed by atoms with E-state index < -0.39 is 26.9 Å². The summed E-state index contributed by atoms with van der Waals surface area (Å²) in [5.41, 5.74) is 2.85. The summed E-state index contributed by atoms with van der Waals surface area (Å²) in [5.74, 6) is -0.577. The van der Waals surface area contributed by atoms with Gasteiger partial charge in [-0.1, -0.05) is 55.0 Å². The molecule has 0 saturated heterocycles. The number of sulfone groups is 1. The molecule has 7 nitrogen and oxygen atoms in total. The number of benzene rings is 3. The predicted octanol–water partition coefficient (Wildman–Crippen LogP) is 4.84. The molecule has 0 aliphatic carbocycles. The first-order valence-electron chi connectivity index (χ1n) is 12.0. The molecule has 0 aliphatic rings. The summed E-state index contributed by atoms with van der Waals surface area (Å²) in [4.78, 5) is 12.8. The van der Waals surface area contributed by atoms with Crippen LogP contribution in [-0.4, -0.2) is 38.5 Å². The number of unbranched alkanes of at least 4 members (excludes halogenated alkanes) is 1. The van der Waals surface area contributed by atoms with Crippen LogP contribution in [0.5, 0.6) is 11.5 Å². The molecule has 1 unspecified atom stereocenters. The van der Waals surface area contributed by atoms with Crippen molar-refractivity contribution in [1.29, 1.82) is 0 Å². The third-order valence-electron chi connectivity index (χ3n) is 6.17. The molecule has 2 atom stereocenters. The molecule has 192 valence electrons. The van der Waals surface area contributed by atoms with E-state index in [1.54, 1.807) is 29.7 Å². The standard InChI is InChI=1S/C28H33NO6S/c1-34-23-16-18-25(19-17-23)36(32,33)27(15-9-8-12-22-10-4-2-5-11-22)26(28(30)29-31)20-21-35-24-13-6-3-7-14-24/h2-7,10-11,13-14,16-19,26-27,31H,8-9,12,15,20-21H2,1H3,(H,29,30)/t26?,27-/m1/s1. The molecule has 0 radical (unpaired) electrons. The van der Waals surface area contributed by atoms with E-state index in [0.29, 0.717) is 17.9 Å². The van der Waals surface area contributed by atoms with Crippen molar-refractivity contribution in [1.82, 2.24) is 5.48 Å². The number of aryl methyl sites for hydroxylation is 1. The SMILES string of the molecule is COc1ccc(S(=O)(=O)[C@H](CCCCc2ccccc2)C(CCOc2ccccc2)C(=O)NO)cc1. The van der Waals surface area contributed by atoms with Crippen LogP contribution in [0.15, 0.2) is 89.8 Å². The Labute approximate surface area is 213 Å². The highest BCUT2D eigenvalue weighted by Crippen LogP contribution is 2.30. The van der Waals surface area contributed by atoms with Crippen molar-refractivity contribution in [3.05, 3.63) is 90.5 Å². The van der Waals surface area contributed by atoms with Crippen LogP contribution in [0, 0.1) is 5.92 Å². The van der Waals surface area contributed by atoms with E-state index >= 15 is 0 Å². The molecule has 0 fully saturated rings. The van der Waals surface area contributed by atoms with Gasteiger partial charge >= 0.3 is 0 Å². The molecule has 3 rings (SSSR count). The van der Waals surface area contributed by atoms with Crippen LogP contribution in [0.1, 0.15) is 31.2 Å². The molecule has 3 aromatic rings. The first-order valence-corrected chi connectivity index (χ1v) is 13.5. The van der Waals surface area contributed by atoms with E-state index in [0.717, 1.165) is 12.8 Å². The minimum atomic E-state index is -3.90. The van der Waals surface area contributed by atoms with E-state index in [9.17, 15) is 18.4 Å². The van der Waals surface area contributed by atoms with Gasteiger partial charge in [-0.3, -0.25) is 10.0 Å². The van der Waals surface area contributed by atoms with Gasteiger partial charge in [-0.15, -0.1) is 0 Å². The average molecular weight is 512 g/mol. The molecule has 3 aromatic carbocycles. The van der Waals surface area contributed by atoms with E-state index in [1.165, 1.54) is 24.8 Å². The normalized spacial score (nSPS) is 12.9. The summed E-state index contributed by atoms with van der Waals surface area (Å²) in [6.07, 6.45) is 2.57. The zero-order valence-corrected chi connectivity index (χ0v) is 21.2. The molecule has 36 heavy (non-hydrogen) atoms. The molecule has 1 amide bonds. The number of hydrogen-bond acceptors (Lipinski definition) is 6. The van der Waals surface area contributed by atoms with Gasteiger partial charge in [0, 0.05) is 0 Å². The van der Waals surface area contributed by atoms with Crippen LogP contribution in [0.4, 0.5) is 0 Å². The molecule has 0 spiro atoms. The average Bonchev–Trinajstić information content (AvgIpc) is 2.92. The van der Waals surface area contributed by atoms with Crippen LogP contribution < -0.4 is 15.0 Å². The van der Waals surface area contributed by atoms with Crippen molar-refractivity contribution in [3.63, 3.8) is 0 Å². The molecule has 0 bridgehead atoms. The van der Waals surface area contributed by atoms with Crippen molar-refractivity contribution in [2.45, 2.75) is 42.2 Å². The molecule has 8 heteroatoms. The number of hydroxylamine groups is 1. The summed E-state index contributed by atoms with van der Waals surface area (Å²) in [7, 11) is -2.40. The lowest BCUT2D eigenvalue weighted by Gasteiger charge is -2.26. The third kappa shape index (κ3) is 7.57. The highest BCUT2D eigenvalue weighted by molar-refractivity contribution is 7.92. The Bertz CT molecular complexity index is 1170. The quantitative estimate of drug-likeness (QED) is 0.182. The summed E-state index contributed by atoms with van der Waals surface area (Å²) >= 11 is 0. The van der Waals surface area contributed by atoms with E-state index in [4.69, 9.17) is 9.47 Å². The summed E-state index contributed by atoms with van der Waals surface area (Å²) in [6.45, 7) is 0.126. The van der Waals surface area contributed by atoms with Crippen LogP contribution in [0.2, 0.25) is 0 Å². The Morgan fingerprint density at radius 1 is 0.861 bits per heavy atom. The fourth-order valence-electron chi connectivity index (χ4n) is 4.22. The maximum absolute atomic E-state index is 13.7. The molecule has 0 saturated carbocycles. The minimum Gasteiger partial charge on any atom is -0.497 e. The Balaban J connectivity index is 1.80. The molecule has 2 N–H and O–H groups in total. The number of rotatable bonds is 14. The second-order valence-corrected chi connectivity index (χ2v) is 10.7. The van der Waals surface area contributed by atoms with Gasteiger partial charge in [-0.25, -0.2) is 13.9 Å². The minimum absolute atomic E-state index is 0.107. The summed E-state index contributed by atoms with van der Waals surface area (Å²) in [6, 6.07) is 25.2. The van der Waals surface area contributed by atoms with Gasteiger partial charge in [0.05, 0.1) is 29.8 Å². The lowest BCUT2D eigenvalue weighted by atomic mass is 9.95. The van der Waals surface area contributed by atoms with Gasteiger partial charge in [-0.05, 0) is 67.6 Å². The first-order chi connectivity index (χ1) is 17.5. The maximum Gasteiger partial charge on any atom is 0.247 e. The topological polar surface area (TPSA) is 102 Å². The Hall–Kier alpha value is -3.36. The van der Waals surface area contributed by atoms with Crippen molar-refractivity contribution < 1.29 is 27.9 Å². The Kier molecular flexibility index (Phi) is 10.3. The van der Waals surface area contributed by atoms with Gasteiger partial charge in [0.2, 0.25) is 5.91 Å².